The van der Waals surface area contributed by atoms with Crippen molar-refractivity contribution in [2.45, 2.75) is 25.1 Å². The van der Waals surface area contributed by atoms with Gasteiger partial charge in [-0.2, -0.15) is 13.2 Å². The number of aromatic nitrogens is 1. The maximum atomic E-state index is 12.9. The number of alkyl halides is 3. The van der Waals surface area contributed by atoms with Crippen LogP contribution in [0, 0.1) is 0 Å². The largest absolute Gasteiger partial charge is 0.416 e. The second-order valence-electron chi connectivity index (χ2n) is 7.34. The first-order chi connectivity index (χ1) is 13.9. The molecule has 0 saturated carbocycles. The van der Waals surface area contributed by atoms with Gasteiger partial charge in [0.1, 0.15) is 0 Å². The molecular weight excluding hydrogens is 379 g/mol. The van der Waals surface area contributed by atoms with E-state index >= 15 is 0 Å². The number of benzene rings is 2. The molecule has 1 aromatic heterocycles. The van der Waals surface area contributed by atoms with E-state index in [0.29, 0.717) is 32.5 Å². The summed E-state index contributed by atoms with van der Waals surface area (Å²) in [5.74, 6) is 0.0356. The summed E-state index contributed by atoms with van der Waals surface area (Å²) in [6.07, 6.45) is -1.26. The molecule has 4 rings (SSSR count). The Labute approximate surface area is 166 Å². The highest BCUT2D eigenvalue weighted by Crippen LogP contribution is 2.29. The second-order valence-corrected chi connectivity index (χ2v) is 7.34. The number of carbonyl (C=O) groups excluding carboxylic acids is 1. The highest BCUT2D eigenvalue weighted by atomic mass is 19.4. The zero-order valence-corrected chi connectivity index (χ0v) is 15.8. The van der Waals surface area contributed by atoms with Crippen molar-refractivity contribution in [2.24, 2.45) is 0 Å². The number of hydrogen-bond donors (Lipinski definition) is 2. The van der Waals surface area contributed by atoms with Crippen LogP contribution in [0.4, 0.5) is 13.2 Å². The Bertz CT molecular complexity index is 994. The average molecular weight is 401 g/mol. The molecule has 0 aliphatic carbocycles. The van der Waals surface area contributed by atoms with Gasteiger partial charge in [0, 0.05) is 36.7 Å². The van der Waals surface area contributed by atoms with E-state index < -0.39 is 11.7 Å². The molecule has 1 saturated heterocycles. The number of piperazine rings is 1. The number of carbonyl (C=O) groups is 1. The lowest BCUT2D eigenvalue weighted by atomic mass is 10.0. The Balaban J connectivity index is 1.38. The fraction of sp³-hybridized carbons (Fsp3) is 0.318. The molecule has 3 aromatic rings. The van der Waals surface area contributed by atoms with E-state index in [2.05, 4.69) is 10.3 Å². The van der Waals surface area contributed by atoms with E-state index in [1.807, 2.05) is 30.5 Å². The van der Waals surface area contributed by atoms with Gasteiger partial charge in [0.05, 0.1) is 11.6 Å². The predicted molar refractivity (Wildman–Crippen MR) is 106 cm³/mol. The molecule has 7 heteroatoms. The number of nitrogens with one attached hydrogen (secondary N) is 2. The molecule has 2 heterocycles. The van der Waals surface area contributed by atoms with Crippen LogP contribution in [-0.2, 0) is 23.8 Å². The number of nitrogens with zero attached hydrogens (tertiary/aromatic N) is 1. The van der Waals surface area contributed by atoms with Gasteiger partial charge in [-0.25, -0.2) is 0 Å². The second kappa shape index (κ2) is 7.91. The van der Waals surface area contributed by atoms with E-state index in [1.165, 1.54) is 12.1 Å². The summed E-state index contributed by atoms with van der Waals surface area (Å²) in [4.78, 5) is 17.9. The van der Waals surface area contributed by atoms with Crippen LogP contribution in [0.5, 0.6) is 0 Å². The van der Waals surface area contributed by atoms with Crippen LogP contribution in [-0.4, -0.2) is 41.5 Å². The third-order valence-electron chi connectivity index (χ3n) is 5.43. The first-order valence-corrected chi connectivity index (χ1v) is 9.65. The maximum absolute atomic E-state index is 12.9. The number of halogens is 3. The minimum Gasteiger partial charge on any atom is -0.361 e. The molecule has 4 nitrogen and oxygen atoms in total. The molecule has 2 aromatic carbocycles. The zero-order valence-electron chi connectivity index (χ0n) is 15.8. The Morgan fingerprint density at radius 2 is 1.83 bits per heavy atom. The summed E-state index contributed by atoms with van der Waals surface area (Å²) in [6.45, 7) is 1.80. The molecule has 0 bridgehead atoms. The monoisotopic (exact) mass is 401 g/mol. The highest BCUT2D eigenvalue weighted by Gasteiger charge is 2.30. The summed E-state index contributed by atoms with van der Waals surface area (Å²) in [5, 5.41) is 4.41. The molecule has 1 aliphatic heterocycles. The molecule has 0 unspecified atom stereocenters. The van der Waals surface area contributed by atoms with Crippen LogP contribution in [0.15, 0.2) is 54.7 Å². The summed E-state index contributed by atoms with van der Waals surface area (Å²) >= 11 is 0. The fourth-order valence-electron chi connectivity index (χ4n) is 3.82. The van der Waals surface area contributed by atoms with Gasteiger partial charge in [-0.1, -0.05) is 30.3 Å². The van der Waals surface area contributed by atoms with Crippen LogP contribution in [0.2, 0.25) is 0 Å². The molecule has 29 heavy (non-hydrogen) atoms. The van der Waals surface area contributed by atoms with E-state index in [4.69, 9.17) is 0 Å². The van der Waals surface area contributed by atoms with E-state index in [1.54, 1.807) is 4.90 Å². The van der Waals surface area contributed by atoms with Crippen LogP contribution in [0.3, 0.4) is 0 Å². The van der Waals surface area contributed by atoms with E-state index in [0.717, 1.165) is 34.2 Å². The van der Waals surface area contributed by atoms with Gasteiger partial charge in [-0.15, -0.1) is 0 Å². The van der Waals surface area contributed by atoms with Crippen molar-refractivity contribution in [3.63, 3.8) is 0 Å². The zero-order chi connectivity index (χ0) is 20.4. The number of aromatic amines is 1. The van der Waals surface area contributed by atoms with Gasteiger partial charge in [-0.05, 0) is 42.2 Å². The Morgan fingerprint density at radius 1 is 1.07 bits per heavy atom. The topological polar surface area (TPSA) is 48.1 Å². The Morgan fingerprint density at radius 3 is 2.59 bits per heavy atom. The van der Waals surface area contributed by atoms with Gasteiger partial charge in [0.15, 0.2) is 0 Å². The van der Waals surface area contributed by atoms with Gasteiger partial charge < -0.3 is 15.2 Å². The van der Waals surface area contributed by atoms with Gasteiger partial charge >= 0.3 is 6.18 Å². The lowest BCUT2D eigenvalue weighted by Gasteiger charge is -2.33. The van der Waals surface area contributed by atoms with Crippen LogP contribution < -0.4 is 5.32 Å². The van der Waals surface area contributed by atoms with Crippen molar-refractivity contribution in [3.8, 4) is 0 Å². The first kappa shape index (κ1) is 19.5. The molecule has 1 aliphatic rings. The number of H-pyrrole nitrogens is 1. The van der Waals surface area contributed by atoms with Crippen molar-refractivity contribution in [2.75, 3.05) is 19.6 Å². The first-order valence-electron chi connectivity index (χ1n) is 9.65. The van der Waals surface area contributed by atoms with Crippen molar-refractivity contribution < 1.29 is 18.0 Å². The van der Waals surface area contributed by atoms with Crippen LogP contribution >= 0.6 is 0 Å². The standard InChI is InChI=1S/C22H22F3N3O/c23-22(24,25)17-7-5-15(6-8-17)9-11-28-12-10-26-20(21(28)29)13-16-14-27-19-4-2-1-3-18(16)19/h1-8,14,20,26-27H,9-13H2/t20-/m1/s1. The van der Waals surface area contributed by atoms with E-state index in [-0.39, 0.29) is 11.9 Å². The summed E-state index contributed by atoms with van der Waals surface area (Å²) in [5.41, 5.74) is 2.27. The molecule has 0 spiro atoms. The molecule has 1 fully saturated rings. The Hall–Kier alpha value is -2.80. The number of fused-ring (bicyclic) bond motifs is 1. The smallest absolute Gasteiger partial charge is 0.361 e. The maximum Gasteiger partial charge on any atom is 0.416 e. The highest BCUT2D eigenvalue weighted by molar-refractivity contribution is 5.86. The minimum absolute atomic E-state index is 0.0356. The average Bonchev–Trinajstić information content (AvgIpc) is 3.11. The predicted octanol–water partition coefficient (Wildman–Crippen LogP) is 3.77. The van der Waals surface area contributed by atoms with Crippen molar-refractivity contribution in [1.29, 1.82) is 0 Å². The van der Waals surface area contributed by atoms with Crippen molar-refractivity contribution in [3.05, 3.63) is 71.4 Å². The normalized spacial score (nSPS) is 17.8. The number of amides is 1. The summed E-state index contributed by atoms with van der Waals surface area (Å²) < 4.78 is 38.0. The van der Waals surface area contributed by atoms with Gasteiger partial charge in [-0.3, -0.25) is 4.79 Å². The third kappa shape index (κ3) is 4.29. The number of rotatable bonds is 5. The fourth-order valence-corrected chi connectivity index (χ4v) is 3.82. The Kier molecular flexibility index (Phi) is 5.32. The van der Waals surface area contributed by atoms with Crippen LogP contribution in [0.1, 0.15) is 16.7 Å². The molecule has 152 valence electrons. The minimum atomic E-state index is -4.33. The lowest BCUT2D eigenvalue weighted by Crippen LogP contribution is -2.56. The summed E-state index contributed by atoms with van der Waals surface area (Å²) in [6, 6.07) is 12.8. The molecule has 1 amide bonds. The SMILES string of the molecule is O=C1[C@@H](Cc2c[nH]c3ccccc23)NCCN1CCc1ccc(C(F)(F)F)cc1. The quantitative estimate of drug-likeness (QED) is 0.684. The van der Waals surface area contributed by atoms with Crippen molar-refractivity contribution >= 4 is 16.8 Å². The van der Waals surface area contributed by atoms with Crippen molar-refractivity contribution in [1.82, 2.24) is 15.2 Å². The number of para-hydroxylation sites is 1. The van der Waals surface area contributed by atoms with Gasteiger partial charge in [0.25, 0.3) is 0 Å². The number of hydrogen-bond acceptors (Lipinski definition) is 2. The lowest BCUT2D eigenvalue weighted by molar-refractivity contribution is -0.137. The van der Waals surface area contributed by atoms with Gasteiger partial charge in [0.2, 0.25) is 5.91 Å². The third-order valence-corrected chi connectivity index (χ3v) is 5.43. The van der Waals surface area contributed by atoms with E-state index in [9.17, 15) is 18.0 Å². The molecule has 0 radical (unpaired) electrons. The summed E-state index contributed by atoms with van der Waals surface area (Å²) in [7, 11) is 0. The molecule has 1 atom stereocenters. The molecular formula is C22H22F3N3O. The molecule has 2 N–H and O–H groups in total. The van der Waals surface area contributed by atoms with Crippen LogP contribution in [0.25, 0.3) is 10.9 Å².